The normalized spacial score (nSPS) is 10.7. The Labute approximate surface area is 126 Å². The van der Waals surface area contributed by atoms with E-state index in [1.165, 1.54) is 0 Å². The summed E-state index contributed by atoms with van der Waals surface area (Å²) in [6, 6.07) is 3.51. The summed E-state index contributed by atoms with van der Waals surface area (Å²) >= 11 is 6.09. The van der Waals surface area contributed by atoms with Crippen molar-refractivity contribution in [3.63, 3.8) is 0 Å². The number of carbonyl (C=O) groups excluding carboxylic acids is 1. The summed E-state index contributed by atoms with van der Waals surface area (Å²) in [7, 11) is 1.79. The van der Waals surface area contributed by atoms with Crippen LogP contribution >= 0.6 is 11.6 Å². The molecular weight excluding hydrogens is 274 g/mol. The summed E-state index contributed by atoms with van der Waals surface area (Å²) in [5.41, 5.74) is 0.319. The molecule has 0 atom stereocenters. The third-order valence-electron chi connectivity index (χ3n) is 2.99. The molecule has 1 N–H and O–H groups in total. The van der Waals surface area contributed by atoms with Gasteiger partial charge < -0.3 is 10.2 Å². The van der Waals surface area contributed by atoms with Gasteiger partial charge in [0.2, 0.25) is 0 Å². The Morgan fingerprint density at radius 3 is 2.75 bits per heavy atom. The van der Waals surface area contributed by atoms with Gasteiger partial charge in [-0.2, -0.15) is 0 Å². The first kappa shape index (κ1) is 16.8. The van der Waals surface area contributed by atoms with Crippen molar-refractivity contribution in [2.24, 2.45) is 5.92 Å². The van der Waals surface area contributed by atoms with E-state index < -0.39 is 0 Å². The highest BCUT2D eigenvalue weighted by Gasteiger charge is 2.17. The van der Waals surface area contributed by atoms with Crippen molar-refractivity contribution < 1.29 is 4.79 Å². The molecule has 1 amide bonds. The van der Waals surface area contributed by atoms with Crippen molar-refractivity contribution in [3.05, 3.63) is 22.8 Å². The molecule has 1 aromatic rings. The fraction of sp³-hybridized carbons (Fsp3) is 0.600. The molecule has 0 saturated carbocycles. The van der Waals surface area contributed by atoms with Gasteiger partial charge in [-0.1, -0.05) is 32.4 Å². The van der Waals surface area contributed by atoms with Crippen molar-refractivity contribution in [2.75, 3.05) is 25.5 Å². The minimum absolute atomic E-state index is 0.129. The van der Waals surface area contributed by atoms with Crippen molar-refractivity contribution in [2.45, 2.75) is 33.6 Å². The van der Waals surface area contributed by atoms with Gasteiger partial charge in [-0.15, -0.1) is 0 Å². The van der Waals surface area contributed by atoms with E-state index in [1.807, 2.05) is 0 Å². The molecule has 0 radical (unpaired) electrons. The molecule has 5 heteroatoms. The monoisotopic (exact) mass is 297 g/mol. The number of nitrogens with one attached hydrogen (secondary N) is 1. The lowest BCUT2D eigenvalue weighted by atomic mass is 10.1. The topological polar surface area (TPSA) is 45.2 Å². The molecule has 0 saturated heterocycles. The van der Waals surface area contributed by atoms with Crippen LogP contribution in [0.3, 0.4) is 0 Å². The van der Waals surface area contributed by atoms with Crippen LogP contribution in [0.4, 0.5) is 5.82 Å². The third-order valence-corrected chi connectivity index (χ3v) is 3.30. The van der Waals surface area contributed by atoms with Crippen LogP contribution < -0.4 is 5.32 Å². The minimum atomic E-state index is -0.129. The van der Waals surface area contributed by atoms with Crippen molar-refractivity contribution in [1.82, 2.24) is 9.88 Å². The second-order valence-corrected chi connectivity index (χ2v) is 5.77. The SMILES string of the molecule is CCCNc1ccc(Cl)c(C(=O)N(C)CCC(C)C)n1. The largest absolute Gasteiger partial charge is 0.370 e. The van der Waals surface area contributed by atoms with E-state index in [1.54, 1.807) is 24.1 Å². The standard InChI is InChI=1S/C15H24ClN3O/c1-5-9-17-13-7-6-12(16)14(18-13)15(20)19(4)10-8-11(2)3/h6-7,11H,5,8-10H2,1-4H3,(H,17,18). The summed E-state index contributed by atoms with van der Waals surface area (Å²) < 4.78 is 0. The number of carbonyl (C=O) groups is 1. The van der Waals surface area contributed by atoms with Gasteiger partial charge in [0.25, 0.3) is 5.91 Å². The number of amides is 1. The number of anilines is 1. The molecule has 0 aliphatic rings. The van der Waals surface area contributed by atoms with Gasteiger partial charge in [-0.05, 0) is 30.9 Å². The maximum absolute atomic E-state index is 12.4. The summed E-state index contributed by atoms with van der Waals surface area (Å²) in [5, 5.41) is 3.56. The van der Waals surface area contributed by atoms with E-state index in [2.05, 4.69) is 31.1 Å². The van der Waals surface area contributed by atoms with E-state index in [-0.39, 0.29) is 5.91 Å². The van der Waals surface area contributed by atoms with Crippen LogP contribution in [-0.4, -0.2) is 35.9 Å². The first-order chi connectivity index (χ1) is 9.45. The van der Waals surface area contributed by atoms with Crippen LogP contribution in [0, 0.1) is 5.92 Å². The van der Waals surface area contributed by atoms with E-state index in [9.17, 15) is 4.79 Å². The highest BCUT2D eigenvalue weighted by Crippen LogP contribution is 2.18. The first-order valence-electron chi connectivity index (χ1n) is 7.11. The summed E-state index contributed by atoms with van der Waals surface area (Å²) in [6.07, 6.45) is 1.97. The van der Waals surface area contributed by atoms with Crippen LogP contribution in [0.1, 0.15) is 44.1 Å². The number of hydrogen-bond acceptors (Lipinski definition) is 3. The smallest absolute Gasteiger partial charge is 0.273 e. The third kappa shape index (κ3) is 5.00. The molecule has 112 valence electrons. The average Bonchev–Trinajstić information content (AvgIpc) is 2.43. The van der Waals surface area contributed by atoms with Gasteiger partial charge in [0, 0.05) is 20.1 Å². The second kappa shape index (κ2) is 8.10. The van der Waals surface area contributed by atoms with E-state index in [0.717, 1.165) is 19.4 Å². The Balaban J connectivity index is 2.80. The van der Waals surface area contributed by atoms with Crippen molar-refractivity contribution >= 4 is 23.3 Å². The zero-order valence-corrected chi connectivity index (χ0v) is 13.5. The van der Waals surface area contributed by atoms with Crippen LogP contribution in [0.15, 0.2) is 12.1 Å². The highest BCUT2D eigenvalue weighted by atomic mass is 35.5. The molecule has 20 heavy (non-hydrogen) atoms. The molecule has 1 aromatic heterocycles. The molecule has 0 fully saturated rings. The van der Waals surface area contributed by atoms with Gasteiger partial charge in [0.05, 0.1) is 5.02 Å². The van der Waals surface area contributed by atoms with Crippen molar-refractivity contribution in [1.29, 1.82) is 0 Å². The first-order valence-corrected chi connectivity index (χ1v) is 7.49. The Morgan fingerprint density at radius 2 is 2.15 bits per heavy atom. The van der Waals surface area contributed by atoms with Crippen LogP contribution in [0.25, 0.3) is 0 Å². The Morgan fingerprint density at radius 1 is 1.45 bits per heavy atom. The van der Waals surface area contributed by atoms with Gasteiger partial charge in [0.1, 0.15) is 11.5 Å². The van der Waals surface area contributed by atoms with Gasteiger partial charge in [-0.25, -0.2) is 4.98 Å². The maximum atomic E-state index is 12.4. The maximum Gasteiger partial charge on any atom is 0.273 e. The van der Waals surface area contributed by atoms with E-state index in [0.29, 0.717) is 29.0 Å². The van der Waals surface area contributed by atoms with Gasteiger partial charge >= 0.3 is 0 Å². The zero-order valence-electron chi connectivity index (χ0n) is 12.7. The van der Waals surface area contributed by atoms with Crippen LogP contribution in [-0.2, 0) is 0 Å². The van der Waals surface area contributed by atoms with Crippen molar-refractivity contribution in [3.8, 4) is 0 Å². The predicted octanol–water partition coefficient (Wildman–Crippen LogP) is 3.68. The predicted molar refractivity (Wildman–Crippen MR) is 84.4 cm³/mol. The van der Waals surface area contributed by atoms with Gasteiger partial charge in [0.15, 0.2) is 0 Å². The molecule has 0 aromatic carbocycles. The molecule has 0 bridgehead atoms. The molecule has 0 unspecified atom stereocenters. The minimum Gasteiger partial charge on any atom is -0.370 e. The number of aromatic nitrogens is 1. The number of halogens is 1. The van der Waals surface area contributed by atoms with Crippen LogP contribution in [0.5, 0.6) is 0 Å². The molecule has 0 aliphatic heterocycles. The molecule has 1 heterocycles. The van der Waals surface area contributed by atoms with E-state index in [4.69, 9.17) is 11.6 Å². The number of pyridine rings is 1. The quantitative estimate of drug-likeness (QED) is 0.835. The number of nitrogens with zero attached hydrogens (tertiary/aromatic N) is 2. The Hall–Kier alpha value is -1.29. The summed E-state index contributed by atoms with van der Waals surface area (Å²) in [4.78, 5) is 18.4. The second-order valence-electron chi connectivity index (χ2n) is 5.36. The highest BCUT2D eigenvalue weighted by molar-refractivity contribution is 6.33. The summed E-state index contributed by atoms with van der Waals surface area (Å²) in [5.74, 6) is 1.12. The molecule has 1 rings (SSSR count). The fourth-order valence-corrected chi connectivity index (χ4v) is 1.86. The molecule has 0 spiro atoms. The lowest BCUT2D eigenvalue weighted by molar-refractivity contribution is 0.0783. The number of rotatable bonds is 7. The van der Waals surface area contributed by atoms with Gasteiger partial charge in [-0.3, -0.25) is 4.79 Å². The number of hydrogen-bond donors (Lipinski definition) is 1. The lowest BCUT2D eigenvalue weighted by Crippen LogP contribution is -2.29. The zero-order chi connectivity index (χ0) is 15.1. The molecule has 0 aliphatic carbocycles. The average molecular weight is 298 g/mol. The van der Waals surface area contributed by atoms with Crippen LogP contribution in [0.2, 0.25) is 5.02 Å². The Bertz CT molecular complexity index is 449. The lowest BCUT2D eigenvalue weighted by Gasteiger charge is -2.19. The molecule has 4 nitrogen and oxygen atoms in total. The van der Waals surface area contributed by atoms with E-state index >= 15 is 0 Å². The summed E-state index contributed by atoms with van der Waals surface area (Å²) in [6.45, 7) is 7.89. The fourth-order valence-electron chi connectivity index (χ4n) is 1.68. The Kier molecular flexibility index (Phi) is 6.79. The molecular formula is C15H24ClN3O.